The zero-order valence-electron chi connectivity index (χ0n) is 12.9. The van der Waals surface area contributed by atoms with Gasteiger partial charge in [-0.15, -0.1) is 0 Å². The van der Waals surface area contributed by atoms with Gasteiger partial charge in [0.15, 0.2) is 5.96 Å². The van der Waals surface area contributed by atoms with Crippen LogP contribution in [-0.2, 0) is 0 Å². The predicted molar refractivity (Wildman–Crippen MR) is 91.2 cm³/mol. The van der Waals surface area contributed by atoms with Crippen LogP contribution in [-0.4, -0.2) is 29.9 Å². The Bertz CT molecular complexity index is 781. The van der Waals surface area contributed by atoms with Crippen LogP contribution in [0.25, 0.3) is 0 Å². The number of carbonyl (C=O) groups excluding carboxylic acids is 1. The van der Waals surface area contributed by atoms with Gasteiger partial charge in [-0.3, -0.25) is 9.78 Å². The number of nitrogens with one attached hydrogen (secondary N) is 1. The van der Waals surface area contributed by atoms with Gasteiger partial charge in [0.05, 0.1) is 5.69 Å². The summed E-state index contributed by atoms with van der Waals surface area (Å²) in [5.41, 5.74) is 16.8. The molecule has 24 heavy (non-hydrogen) atoms. The highest BCUT2D eigenvalue weighted by atomic mass is 16.5. The quantitative estimate of drug-likeness (QED) is 0.472. The van der Waals surface area contributed by atoms with Gasteiger partial charge in [0.1, 0.15) is 17.2 Å². The lowest BCUT2D eigenvalue weighted by molar-refractivity contribution is 0.0958. The third-order valence-electron chi connectivity index (χ3n) is 2.75. The summed E-state index contributed by atoms with van der Waals surface area (Å²) in [6.45, 7) is 0. The molecule has 1 aromatic carbocycles. The van der Waals surface area contributed by atoms with Crippen LogP contribution in [0.5, 0.6) is 11.5 Å². The average molecular weight is 327 g/mol. The molecule has 9 heteroatoms. The molecule has 0 fully saturated rings. The third kappa shape index (κ3) is 4.70. The van der Waals surface area contributed by atoms with E-state index in [1.165, 1.54) is 13.2 Å². The second kappa shape index (κ2) is 7.58. The zero-order chi connectivity index (χ0) is 17.5. The molecule has 0 spiro atoms. The van der Waals surface area contributed by atoms with Gasteiger partial charge >= 0.3 is 0 Å². The van der Waals surface area contributed by atoms with Gasteiger partial charge < -0.3 is 27.3 Å². The van der Waals surface area contributed by atoms with E-state index in [0.717, 1.165) is 0 Å². The van der Waals surface area contributed by atoms with E-state index >= 15 is 0 Å². The summed E-state index contributed by atoms with van der Waals surface area (Å²) < 4.78 is 5.67. The summed E-state index contributed by atoms with van der Waals surface area (Å²) in [6.07, 6.45) is 1.49. The first-order chi connectivity index (χ1) is 11.5. The first-order valence-electron chi connectivity index (χ1n) is 6.88. The molecule has 124 valence electrons. The third-order valence-corrected chi connectivity index (χ3v) is 2.75. The minimum atomic E-state index is -0.291. The minimum absolute atomic E-state index is 0.0481. The number of hydrogen-bond donors (Lipinski definition) is 4. The van der Waals surface area contributed by atoms with Crippen LogP contribution in [0.1, 0.15) is 10.5 Å². The molecule has 0 atom stereocenters. The number of pyridine rings is 1. The zero-order valence-corrected chi connectivity index (χ0v) is 12.9. The number of aromatic nitrogens is 1. The number of nitrogens with zero attached hydrogens (tertiary/aromatic N) is 3. The molecule has 0 bridgehead atoms. The molecule has 9 nitrogen and oxygen atoms in total. The Labute approximate surface area is 138 Å². The molecule has 0 aliphatic heterocycles. The molecule has 0 aliphatic rings. The van der Waals surface area contributed by atoms with Gasteiger partial charge in [0.25, 0.3) is 5.91 Å². The van der Waals surface area contributed by atoms with E-state index in [1.807, 2.05) is 0 Å². The maximum absolute atomic E-state index is 11.6. The summed E-state index contributed by atoms with van der Waals surface area (Å²) >= 11 is 0. The number of hydrogen-bond acceptors (Lipinski definition) is 4. The molecule has 1 heterocycles. The van der Waals surface area contributed by atoms with Gasteiger partial charge in [-0.05, 0) is 30.3 Å². The van der Waals surface area contributed by atoms with E-state index in [1.54, 1.807) is 36.4 Å². The van der Waals surface area contributed by atoms with Crippen LogP contribution in [0.15, 0.2) is 52.6 Å². The van der Waals surface area contributed by atoms with Crippen molar-refractivity contribution in [2.45, 2.75) is 0 Å². The smallest absolute Gasteiger partial charge is 0.269 e. The summed E-state index contributed by atoms with van der Waals surface area (Å²) in [4.78, 5) is 23.2. The van der Waals surface area contributed by atoms with Crippen molar-refractivity contribution in [1.29, 1.82) is 0 Å². The van der Waals surface area contributed by atoms with Crippen LogP contribution < -0.4 is 27.3 Å². The largest absolute Gasteiger partial charge is 0.457 e. The van der Waals surface area contributed by atoms with Gasteiger partial charge in [0, 0.05) is 19.3 Å². The Kier molecular flexibility index (Phi) is 5.29. The fraction of sp³-hybridized carbons (Fsp3) is 0.0667. The number of benzene rings is 1. The van der Waals surface area contributed by atoms with Crippen LogP contribution in [0, 0.1) is 0 Å². The maximum Gasteiger partial charge on any atom is 0.269 e. The molecule has 2 rings (SSSR count). The summed E-state index contributed by atoms with van der Waals surface area (Å²) in [5.74, 6) is 0.539. The van der Waals surface area contributed by atoms with E-state index in [2.05, 4.69) is 20.3 Å². The van der Waals surface area contributed by atoms with Crippen molar-refractivity contribution in [1.82, 2.24) is 10.3 Å². The number of amides is 1. The molecule has 1 amide bonds. The van der Waals surface area contributed by atoms with Gasteiger partial charge in [-0.2, -0.15) is 4.99 Å². The molecule has 0 saturated carbocycles. The standard InChI is InChI=1S/C15H17N7O2/c1-19-13(23)12-8-11(6-7-20-12)24-10-4-2-9(3-5-10)21-15(18)22-14(16)17/h2-8H,1H3,(H,19,23)(H6,16,17,18,21,22). The molecule has 2 aromatic rings. The Morgan fingerprint density at radius 1 is 1.12 bits per heavy atom. The second-order valence-electron chi connectivity index (χ2n) is 4.56. The Morgan fingerprint density at radius 2 is 1.83 bits per heavy atom. The van der Waals surface area contributed by atoms with Gasteiger partial charge in [-0.1, -0.05) is 0 Å². The fourth-order valence-corrected chi connectivity index (χ4v) is 1.74. The number of ether oxygens (including phenoxy) is 1. The molecule has 0 aliphatic carbocycles. The lowest BCUT2D eigenvalue weighted by Crippen LogP contribution is -2.26. The maximum atomic E-state index is 11.6. The molecule has 0 radical (unpaired) electrons. The summed E-state index contributed by atoms with van der Waals surface area (Å²) in [5, 5.41) is 2.50. The van der Waals surface area contributed by atoms with Crippen LogP contribution in [0.3, 0.4) is 0 Å². The number of aliphatic imine (C=N–C) groups is 2. The van der Waals surface area contributed by atoms with Crippen molar-refractivity contribution < 1.29 is 9.53 Å². The summed E-state index contributed by atoms with van der Waals surface area (Å²) in [7, 11) is 1.53. The van der Waals surface area contributed by atoms with Crippen molar-refractivity contribution in [3.8, 4) is 11.5 Å². The average Bonchev–Trinajstić information content (AvgIpc) is 2.55. The van der Waals surface area contributed by atoms with E-state index < -0.39 is 0 Å². The fourth-order valence-electron chi connectivity index (χ4n) is 1.74. The highest BCUT2D eigenvalue weighted by molar-refractivity contribution is 5.93. The summed E-state index contributed by atoms with van der Waals surface area (Å²) in [6, 6.07) is 9.96. The van der Waals surface area contributed by atoms with Gasteiger partial charge in [0.2, 0.25) is 5.96 Å². The van der Waals surface area contributed by atoms with E-state index in [0.29, 0.717) is 17.2 Å². The van der Waals surface area contributed by atoms with Crippen LogP contribution in [0.4, 0.5) is 5.69 Å². The Balaban J connectivity index is 2.12. The topological polar surface area (TPSA) is 154 Å². The molecule has 0 unspecified atom stereocenters. The Morgan fingerprint density at radius 3 is 2.46 bits per heavy atom. The number of rotatable bonds is 4. The molecule has 1 aromatic heterocycles. The van der Waals surface area contributed by atoms with Gasteiger partial charge in [-0.25, -0.2) is 4.99 Å². The molecular formula is C15H17N7O2. The van der Waals surface area contributed by atoms with E-state index in [-0.39, 0.29) is 23.5 Å². The van der Waals surface area contributed by atoms with Crippen molar-refractivity contribution in [3.63, 3.8) is 0 Å². The van der Waals surface area contributed by atoms with Crippen LogP contribution in [0.2, 0.25) is 0 Å². The monoisotopic (exact) mass is 327 g/mol. The first-order valence-corrected chi connectivity index (χ1v) is 6.88. The van der Waals surface area contributed by atoms with Crippen molar-refractivity contribution >= 4 is 23.5 Å². The van der Waals surface area contributed by atoms with E-state index in [9.17, 15) is 4.79 Å². The molecule has 7 N–H and O–H groups in total. The lowest BCUT2D eigenvalue weighted by Gasteiger charge is -2.07. The minimum Gasteiger partial charge on any atom is -0.457 e. The number of guanidine groups is 2. The highest BCUT2D eigenvalue weighted by Gasteiger charge is 2.06. The lowest BCUT2D eigenvalue weighted by atomic mass is 10.3. The predicted octanol–water partition coefficient (Wildman–Crippen LogP) is 0.453. The van der Waals surface area contributed by atoms with Crippen molar-refractivity contribution in [3.05, 3.63) is 48.3 Å². The first kappa shape index (κ1) is 16.7. The number of carbonyl (C=O) groups is 1. The van der Waals surface area contributed by atoms with Crippen molar-refractivity contribution in [2.75, 3.05) is 7.05 Å². The molecular weight excluding hydrogens is 310 g/mol. The van der Waals surface area contributed by atoms with E-state index in [4.69, 9.17) is 21.9 Å². The highest BCUT2D eigenvalue weighted by Crippen LogP contribution is 2.24. The molecule has 0 saturated heterocycles. The number of nitrogens with two attached hydrogens (primary N) is 3. The Hall–Kier alpha value is -3.62. The normalized spacial score (nSPS) is 10.8. The SMILES string of the molecule is CNC(=O)c1cc(Oc2ccc(N=C(N)N=C(N)N)cc2)ccn1. The van der Waals surface area contributed by atoms with Crippen LogP contribution >= 0.6 is 0 Å². The van der Waals surface area contributed by atoms with Crippen molar-refractivity contribution in [2.24, 2.45) is 27.2 Å². The second-order valence-corrected chi connectivity index (χ2v) is 4.56.